The maximum Gasteiger partial charge on any atom is 0.258 e. The van der Waals surface area contributed by atoms with Crippen LogP contribution in [0.5, 0.6) is 0 Å². The van der Waals surface area contributed by atoms with Gasteiger partial charge in [0.15, 0.2) is 0 Å². The molecule has 0 bridgehead atoms. The standard InChI is InChI=1S/C15H9BrClNO2/c16-13-11-3-1-2-4-12(11)20-15(13)18-14(19)9-5-7-10(17)8-6-9/h1-8H,(H,18,19). The molecule has 3 rings (SSSR count). The molecule has 1 heterocycles. The van der Waals surface area contributed by atoms with E-state index in [9.17, 15) is 4.79 Å². The number of amides is 1. The lowest BCUT2D eigenvalue weighted by Gasteiger charge is -2.02. The number of nitrogens with one attached hydrogen (secondary N) is 1. The second-order valence-corrected chi connectivity index (χ2v) is 5.43. The molecule has 0 unspecified atom stereocenters. The van der Waals surface area contributed by atoms with Crippen LogP contribution in [0.1, 0.15) is 10.4 Å². The third kappa shape index (κ3) is 2.44. The second kappa shape index (κ2) is 5.31. The zero-order valence-corrected chi connectivity index (χ0v) is 12.5. The number of rotatable bonds is 2. The van der Waals surface area contributed by atoms with Crippen molar-refractivity contribution in [3.05, 3.63) is 63.6 Å². The highest BCUT2D eigenvalue weighted by Crippen LogP contribution is 2.34. The fourth-order valence-corrected chi connectivity index (χ4v) is 2.50. The van der Waals surface area contributed by atoms with Crippen LogP contribution in [0.3, 0.4) is 0 Å². The van der Waals surface area contributed by atoms with Crippen LogP contribution < -0.4 is 5.32 Å². The summed E-state index contributed by atoms with van der Waals surface area (Å²) >= 11 is 9.23. The van der Waals surface area contributed by atoms with Crippen molar-refractivity contribution in [3.8, 4) is 0 Å². The van der Waals surface area contributed by atoms with Crippen LogP contribution in [-0.2, 0) is 0 Å². The summed E-state index contributed by atoms with van der Waals surface area (Å²) < 4.78 is 6.34. The molecule has 100 valence electrons. The number of fused-ring (bicyclic) bond motifs is 1. The number of hydrogen-bond acceptors (Lipinski definition) is 2. The summed E-state index contributed by atoms with van der Waals surface area (Å²) in [6.07, 6.45) is 0. The normalized spacial score (nSPS) is 10.7. The van der Waals surface area contributed by atoms with E-state index in [-0.39, 0.29) is 5.91 Å². The maximum absolute atomic E-state index is 12.1. The van der Waals surface area contributed by atoms with Gasteiger partial charge >= 0.3 is 0 Å². The average Bonchev–Trinajstić information content (AvgIpc) is 2.77. The van der Waals surface area contributed by atoms with Crippen LogP contribution in [0, 0.1) is 0 Å². The molecule has 20 heavy (non-hydrogen) atoms. The van der Waals surface area contributed by atoms with Crippen molar-refractivity contribution in [2.75, 3.05) is 5.32 Å². The summed E-state index contributed by atoms with van der Waals surface area (Å²) in [6.45, 7) is 0. The van der Waals surface area contributed by atoms with Crippen molar-refractivity contribution >= 4 is 50.3 Å². The molecule has 5 heteroatoms. The molecular weight excluding hydrogens is 342 g/mol. The van der Waals surface area contributed by atoms with Gasteiger partial charge in [0.1, 0.15) is 5.58 Å². The first-order valence-corrected chi connectivity index (χ1v) is 7.06. The van der Waals surface area contributed by atoms with E-state index < -0.39 is 0 Å². The zero-order valence-electron chi connectivity index (χ0n) is 10.2. The minimum absolute atomic E-state index is 0.249. The largest absolute Gasteiger partial charge is 0.439 e. The third-order valence-corrected chi connectivity index (χ3v) is 3.91. The summed E-state index contributed by atoms with van der Waals surface area (Å²) in [5.41, 5.74) is 1.23. The van der Waals surface area contributed by atoms with Crippen molar-refractivity contribution in [2.24, 2.45) is 0 Å². The highest BCUT2D eigenvalue weighted by molar-refractivity contribution is 9.10. The Kier molecular flexibility index (Phi) is 3.51. The third-order valence-electron chi connectivity index (χ3n) is 2.87. The molecule has 1 aromatic heterocycles. The van der Waals surface area contributed by atoms with E-state index in [1.165, 1.54) is 0 Å². The van der Waals surface area contributed by atoms with Crippen LogP contribution in [0.15, 0.2) is 57.4 Å². The number of anilines is 1. The van der Waals surface area contributed by atoms with Crippen molar-refractivity contribution in [3.63, 3.8) is 0 Å². The van der Waals surface area contributed by atoms with Gasteiger partial charge in [-0.1, -0.05) is 23.7 Å². The summed E-state index contributed by atoms with van der Waals surface area (Å²) in [5, 5.41) is 4.24. The Morgan fingerprint density at radius 1 is 1.10 bits per heavy atom. The van der Waals surface area contributed by atoms with Gasteiger partial charge in [0.25, 0.3) is 5.91 Å². The molecule has 0 aliphatic carbocycles. The lowest BCUT2D eigenvalue weighted by Crippen LogP contribution is -2.11. The summed E-state index contributed by atoms with van der Waals surface area (Å²) in [7, 11) is 0. The Hall–Kier alpha value is -1.78. The number of para-hydroxylation sites is 1. The van der Waals surface area contributed by atoms with Gasteiger partial charge in [0.2, 0.25) is 5.88 Å². The van der Waals surface area contributed by atoms with Crippen molar-refractivity contribution in [1.29, 1.82) is 0 Å². The number of carbonyl (C=O) groups is 1. The molecule has 0 atom stereocenters. The fraction of sp³-hybridized carbons (Fsp3) is 0. The first-order chi connectivity index (χ1) is 9.65. The Morgan fingerprint density at radius 2 is 1.80 bits per heavy atom. The molecule has 1 N–H and O–H groups in total. The molecule has 0 fully saturated rings. The SMILES string of the molecule is O=C(Nc1oc2ccccc2c1Br)c1ccc(Cl)cc1. The summed E-state index contributed by atoms with van der Waals surface area (Å²) in [6, 6.07) is 14.2. The van der Waals surface area contributed by atoms with Crippen molar-refractivity contribution < 1.29 is 9.21 Å². The lowest BCUT2D eigenvalue weighted by atomic mass is 10.2. The molecule has 0 aliphatic heterocycles. The van der Waals surface area contributed by atoms with Gasteiger partial charge in [-0.25, -0.2) is 0 Å². The predicted octanol–water partition coefficient (Wildman–Crippen LogP) is 5.10. The van der Waals surface area contributed by atoms with E-state index in [1.807, 2.05) is 24.3 Å². The average molecular weight is 351 g/mol. The number of carbonyl (C=O) groups excluding carboxylic acids is 1. The van der Waals surface area contributed by atoms with Gasteiger partial charge in [-0.2, -0.15) is 0 Å². The van der Waals surface area contributed by atoms with Gasteiger partial charge in [-0.05, 0) is 52.3 Å². The molecule has 2 aromatic carbocycles. The molecule has 3 aromatic rings. The monoisotopic (exact) mass is 349 g/mol. The van der Waals surface area contributed by atoms with E-state index in [2.05, 4.69) is 21.2 Å². The van der Waals surface area contributed by atoms with Crippen molar-refractivity contribution in [2.45, 2.75) is 0 Å². The number of halogens is 2. The quantitative estimate of drug-likeness (QED) is 0.698. The molecule has 0 aliphatic rings. The molecule has 3 nitrogen and oxygen atoms in total. The Balaban J connectivity index is 1.91. The van der Waals surface area contributed by atoms with E-state index >= 15 is 0 Å². The predicted molar refractivity (Wildman–Crippen MR) is 83.3 cm³/mol. The molecule has 1 amide bonds. The highest BCUT2D eigenvalue weighted by Gasteiger charge is 2.14. The minimum atomic E-state index is -0.249. The Morgan fingerprint density at radius 3 is 2.50 bits per heavy atom. The number of furan rings is 1. The van der Waals surface area contributed by atoms with E-state index in [0.29, 0.717) is 22.1 Å². The van der Waals surface area contributed by atoms with Gasteiger partial charge in [-0.3, -0.25) is 10.1 Å². The zero-order chi connectivity index (χ0) is 14.1. The van der Waals surface area contributed by atoms with Crippen LogP contribution in [-0.4, -0.2) is 5.91 Å². The van der Waals surface area contributed by atoms with E-state index in [0.717, 1.165) is 9.86 Å². The smallest absolute Gasteiger partial charge is 0.258 e. The fourth-order valence-electron chi connectivity index (χ4n) is 1.87. The van der Waals surface area contributed by atoms with Crippen LogP contribution in [0.25, 0.3) is 11.0 Å². The second-order valence-electron chi connectivity index (χ2n) is 4.20. The topological polar surface area (TPSA) is 42.2 Å². The lowest BCUT2D eigenvalue weighted by molar-refractivity contribution is 0.102. The minimum Gasteiger partial charge on any atom is -0.439 e. The summed E-state index contributed by atoms with van der Waals surface area (Å²) in [4.78, 5) is 12.1. The molecule has 0 spiro atoms. The first kappa shape index (κ1) is 13.2. The van der Waals surface area contributed by atoms with E-state index in [4.69, 9.17) is 16.0 Å². The summed E-state index contributed by atoms with van der Waals surface area (Å²) in [5.74, 6) is 0.146. The molecule has 0 radical (unpaired) electrons. The number of hydrogen-bond donors (Lipinski definition) is 1. The van der Waals surface area contributed by atoms with E-state index in [1.54, 1.807) is 24.3 Å². The first-order valence-electron chi connectivity index (χ1n) is 5.89. The van der Waals surface area contributed by atoms with Crippen molar-refractivity contribution in [1.82, 2.24) is 0 Å². The molecule has 0 saturated heterocycles. The maximum atomic E-state index is 12.1. The molecular formula is C15H9BrClNO2. The number of benzene rings is 2. The Labute approximate surface area is 128 Å². The van der Waals surface area contributed by atoms with Crippen LogP contribution in [0.2, 0.25) is 5.02 Å². The van der Waals surface area contributed by atoms with Gasteiger partial charge < -0.3 is 4.42 Å². The van der Waals surface area contributed by atoms with Gasteiger partial charge in [-0.15, -0.1) is 0 Å². The Bertz CT molecular complexity index is 780. The highest BCUT2D eigenvalue weighted by atomic mass is 79.9. The van der Waals surface area contributed by atoms with Crippen LogP contribution >= 0.6 is 27.5 Å². The molecule has 0 saturated carbocycles. The van der Waals surface area contributed by atoms with Gasteiger partial charge in [0, 0.05) is 16.0 Å². The van der Waals surface area contributed by atoms with Gasteiger partial charge in [0.05, 0.1) is 4.47 Å². The van der Waals surface area contributed by atoms with Crippen LogP contribution in [0.4, 0.5) is 5.88 Å².